The number of carbonyl (C=O) groups is 2. The number of rotatable bonds is 7. The number of hydrogen-bond donors (Lipinski definition) is 2. The summed E-state index contributed by atoms with van der Waals surface area (Å²) in [6, 6.07) is 9.98. The Kier molecular flexibility index (Phi) is 6.61. The van der Waals surface area contributed by atoms with E-state index in [-0.39, 0.29) is 41.2 Å². The predicted octanol–water partition coefficient (Wildman–Crippen LogP) is 3.42. The fourth-order valence-corrected chi connectivity index (χ4v) is 5.56. The summed E-state index contributed by atoms with van der Waals surface area (Å²) in [7, 11) is 3.13. The second-order valence-electron chi connectivity index (χ2n) is 10.1. The molecule has 1 aromatic carbocycles. The van der Waals surface area contributed by atoms with Crippen LogP contribution in [0.3, 0.4) is 0 Å². The number of nitrogens with zero attached hydrogens (tertiary/aromatic N) is 6. The van der Waals surface area contributed by atoms with Crippen molar-refractivity contribution in [2.75, 3.05) is 11.9 Å². The number of carbonyl (C=O) groups excluding carboxylic acids is 1. The average molecular weight is 592 g/mol. The maximum absolute atomic E-state index is 13.7. The van der Waals surface area contributed by atoms with Crippen LogP contribution in [0.4, 0.5) is 16.4 Å². The molecular weight excluding hydrogens is 566 g/mol. The quantitative estimate of drug-likeness (QED) is 0.271. The van der Waals surface area contributed by atoms with Gasteiger partial charge in [-0.15, -0.1) is 0 Å². The van der Waals surface area contributed by atoms with Crippen LogP contribution < -0.4 is 16.6 Å². The highest BCUT2D eigenvalue weighted by molar-refractivity contribution is 6.35. The molecule has 4 aromatic heterocycles. The number of aryl methyl sites for hydroxylation is 2. The van der Waals surface area contributed by atoms with Gasteiger partial charge >= 0.3 is 17.8 Å². The molecule has 0 amide bonds. The van der Waals surface area contributed by atoms with E-state index in [1.165, 1.54) is 16.2 Å². The third-order valence-corrected chi connectivity index (χ3v) is 7.87. The van der Waals surface area contributed by atoms with E-state index in [0.717, 1.165) is 14.8 Å². The van der Waals surface area contributed by atoms with Gasteiger partial charge in [0.05, 0.1) is 30.3 Å². The fraction of sp³-hybridized carbons (Fsp3) is 0.286. The molecular formula is C28H26ClN7O6. The minimum atomic E-state index is -1.27. The molecule has 0 saturated heterocycles. The number of benzene rings is 1. The van der Waals surface area contributed by atoms with Gasteiger partial charge in [0.1, 0.15) is 0 Å². The van der Waals surface area contributed by atoms with Crippen molar-refractivity contribution in [1.29, 1.82) is 0 Å². The van der Waals surface area contributed by atoms with Crippen molar-refractivity contribution in [2.24, 2.45) is 20.0 Å². The summed E-state index contributed by atoms with van der Waals surface area (Å²) in [6.07, 6.45) is 1.02. The second kappa shape index (κ2) is 10.2. The molecule has 42 heavy (non-hydrogen) atoms. The van der Waals surface area contributed by atoms with Crippen molar-refractivity contribution in [3.8, 4) is 0 Å². The van der Waals surface area contributed by atoms with Crippen LogP contribution in [-0.4, -0.2) is 52.0 Å². The minimum Gasteiger partial charge on any atom is -0.466 e. The van der Waals surface area contributed by atoms with Gasteiger partial charge in [0, 0.05) is 48.0 Å². The molecule has 0 bridgehead atoms. The van der Waals surface area contributed by atoms with Gasteiger partial charge in [-0.1, -0.05) is 17.7 Å². The zero-order valence-electron chi connectivity index (χ0n) is 22.9. The summed E-state index contributed by atoms with van der Waals surface area (Å²) in [5.74, 6) is -0.180. The Balaban J connectivity index is 1.37. The number of esters is 1. The highest BCUT2D eigenvalue weighted by Crippen LogP contribution is 2.47. The molecule has 1 fully saturated rings. The second-order valence-corrected chi connectivity index (χ2v) is 10.5. The van der Waals surface area contributed by atoms with Crippen molar-refractivity contribution in [3.05, 3.63) is 79.8 Å². The Morgan fingerprint density at radius 2 is 1.95 bits per heavy atom. The Bertz CT molecular complexity index is 2040. The van der Waals surface area contributed by atoms with E-state index >= 15 is 0 Å². The minimum absolute atomic E-state index is 0.0319. The molecule has 13 nitrogen and oxygen atoms in total. The third-order valence-electron chi connectivity index (χ3n) is 7.54. The Labute approximate surface area is 242 Å². The number of nitrogens with one attached hydrogen (secondary N) is 1. The van der Waals surface area contributed by atoms with Crippen molar-refractivity contribution in [3.63, 3.8) is 0 Å². The van der Waals surface area contributed by atoms with Gasteiger partial charge in [0.25, 0.3) is 5.56 Å². The van der Waals surface area contributed by atoms with Crippen LogP contribution in [0.2, 0.25) is 5.02 Å². The third kappa shape index (κ3) is 4.42. The zero-order chi connectivity index (χ0) is 29.9. The standard InChI is InChI=1S/C28H26ClN7O6/c1-4-42-25(38)17-12-16(17)20-10-14(8-9-30-20)31-26-32-23-22(33(26)2)24(37)35(27(39)34(23)3)13-15-11-18-19(29)6-5-7-21(18)36(15)28(40)41/h5-11,16-17H,4,12-13H2,1-3H3,(H,40,41)(H,30,31,32). The summed E-state index contributed by atoms with van der Waals surface area (Å²) in [5, 5.41) is 13.9. The molecule has 1 aliphatic rings. The lowest BCUT2D eigenvalue weighted by atomic mass is 10.2. The first-order chi connectivity index (χ1) is 20.1. The summed E-state index contributed by atoms with van der Waals surface area (Å²) in [4.78, 5) is 60.2. The molecule has 1 saturated carbocycles. The zero-order valence-corrected chi connectivity index (χ0v) is 23.6. The molecule has 0 spiro atoms. The van der Waals surface area contributed by atoms with Gasteiger partial charge in [-0.3, -0.25) is 23.7 Å². The van der Waals surface area contributed by atoms with Gasteiger partial charge in [-0.25, -0.2) is 14.2 Å². The van der Waals surface area contributed by atoms with Gasteiger partial charge < -0.3 is 19.7 Å². The van der Waals surface area contributed by atoms with Crippen molar-refractivity contribution >= 4 is 57.4 Å². The number of anilines is 2. The van der Waals surface area contributed by atoms with Crippen LogP contribution in [0, 0.1) is 5.92 Å². The van der Waals surface area contributed by atoms with Crippen molar-refractivity contribution < 1.29 is 19.4 Å². The molecule has 2 N–H and O–H groups in total. The van der Waals surface area contributed by atoms with Crippen molar-refractivity contribution in [1.82, 2.24) is 28.2 Å². The molecule has 2 unspecified atom stereocenters. The van der Waals surface area contributed by atoms with Gasteiger partial charge in [0.2, 0.25) is 5.95 Å². The van der Waals surface area contributed by atoms with Crippen LogP contribution in [-0.2, 0) is 30.2 Å². The van der Waals surface area contributed by atoms with Crippen LogP contribution in [0.5, 0.6) is 0 Å². The number of imidazole rings is 1. The maximum Gasteiger partial charge on any atom is 0.416 e. The molecule has 1 aliphatic carbocycles. The van der Waals surface area contributed by atoms with Crippen LogP contribution in [0.25, 0.3) is 22.1 Å². The fourth-order valence-electron chi connectivity index (χ4n) is 5.34. The summed E-state index contributed by atoms with van der Waals surface area (Å²) in [5.41, 5.74) is 0.947. The summed E-state index contributed by atoms with van der Waals surface area (Å²) in [6.45, 7) is 1.79. The largest absolute Gasteiger partial charge is 0.466 e. The SMILES string of the molecule is CCOC(=O)C1CC1c1cc(Nc2nc3c(c(=O)n(Cc4cc5c(Cl)cccc5n4C(=O)O)c(=O)n3C)n2C)ccn1. The van der Waals surface area contributed by atoms with E-state index < -0.39 is 17.3 Å². The summed E-state index contributed by atoms with van der Waals surface area (Å²) >= 11 is 6.29. The topological polar surface area (TPSA) is 155 Å². The number of fused-ring (bicyclic) bond motifs is 2. The Hall–Kier alpha value is -4.91. The summed E-state index contributed by atoms with van der Waals surface area (Å²) < 4.78 is 9.89. The van der Waals surface area contributed by atoms with Crippen LogP contribution in [0.15, 0.2) is 52.2 Å². The number of carboxylic acid groups (broad SMARTS) is 1. The lowest BCUT2D eigenvalue weighted by Gasteiger charge is -2.10. The number of ether oxygens (including phenoxy) is 1. The number of hydrogen-bond acceptors (Lipinski definition) is 8. The van der Waals surface area contributed by atoms with Gasteiger partial charge in [-0.2, -0.15) is 4.98 Å². The first kappa shape index (κ1) is 27.3. The van der Waals surface area contributed by atoms with E-state index in [1.807, 2.05) is 6.07 Å². The molecule has 6 rings (SSSR count). The highest BCUT2D eigenvalue weighted by Gasteiger charge is 2.46. The van der Waals surface area contributed by atoms with E-state index in [9.17, 15) is 24.3 Å². The molecule has 14 heteroatoms. The molecule has 0 aliphatic heterocycles. The first-order valence-corrected chi connectivity index (χ1v) is 13.6. The van der Waals surface area contributed by atoms with E-state index in [0.29, 0.717) is 40.6 Å². The van der Waals surface area contributed by atoms with E-state index in [1.54, 1.807) is 50.5 Å². The van der Waals surface area contributed by atoms with Gasteiger partial charge in [-0.05, 0) is 43.7 Å². The van der Waals surface area contributed by atoms with Gasteiger partial charge in [0.15, 0.2) is 11.2 Å². The number of halogens is 1. The Morgan fingerprint density at radius 1 is 1.17 bits per heavy atom. The Morgan fingerprint density at radius 3 is 2.69 bits per heavy atom. The molecule has 5 aromatic rings. The molecule has 2 atom stereocenters. The average Bonchev–Trinajstić information content (AvgIpc) is 3.58. The highest BCUT2D eigenvalue weighted by atomic mass is 35.5. The first-order valence-electron chi connectivity index (χ1n) is 13.2. The lowest BCUT2D eigenvalue weighted by molar-refractivity contribution is -0.144. The molecule has 4 heterocycles. The lowest BCUT2D eigenvalue weighted by Crippen LogP contribution is -2.40. The van der Waals surface area contributed by atoms with Crippen LogP contribution in [0.1, 0.15) is 30.7 Å². The molecule has 0 radical (unpaired) electrons. The number of pyridine rings is 1. The van der Waals surface area contributed by atoms with E-state index in [2.05, 4.69) is 15.3 Å². The monoisotopic (exact) mass is 591 g/mol. The smallest absolute Gasteiger partial charge is 0.416 e. The van der Waals surface area contributed by atoms with E-state index in [4.69, 9.17) is 16.3 Å². The normalized spacial score (nSPS) is 16.2. The molecule has 216 valence electrons. The van der Waals surface area contributed by atoms with Crippen molar-refractivity contribution in [2.45, 2.75) is 25.8 Å². The predicted molar refractivity (Wildman–Crippen MR) is 155 cm³/mol. The number of aromatic nitrogens is 6. The maximum atomic E-state index is 13.7. The van der Waals surface area contributed by atoms with Crippen LogP contribution >= 0.6 is 11.6 Å².